The summed E-state index contributed by atoms with van der Waals surface area (Å²) in [6.45, 7) is 10.1. The molecule has 3 aromatic carbocycles. The minimum Gasteiger partial charge on any atom is -0.493 e. The Bertz CT molecular complexity index is 2160. The van der Waals surface area contributed by atoms with Gasteiger partial charge in [0.15, 0.2) is 23.1 Å². The van der Waals surface area contributed by atoms with Crippen LogP contribution >= 0.6 is 11.3 Å². The summed E-state index contributed by atoms with van der Waals surface area (Å²) in [6, 6.07) is 18.3. The number of hydrogen-bond acceptors (Lipinski definition) is 12. The van der Waals surface area contributed by atoms with E-state index >= 15 is 0 Å². The van der Waals surface area contributed by atoms with Crippen molar-refractivity contribution in [3.63, 3.8) is 0 Å². The van der Waals surface area contributed by atoms with Crippen molar-refractivity contribution in [2.24, 2.45) is 10.8 Å². The molecule has 2 unspecified atom stereocenters. The maximum atomic E-state index is 14.0. The summed E-state index contributed by atoms with van der Waals surface area (Å²) in [5.74, 6) is -7.01. The normalized spacial score (nSPS) is 18.5. The number of carbonyl (C=O) groups excluding carboxylic acids is 5. The van der Waals surface area contributed by atoms with E-state index in [-0.39, 0.29) is 39.6 Å². The molecule has 59 heavy (non-hydrogen) atoms. The number of benzene rings is 3. The van der Waals surface area contributed by atoms with Crippen LogP contribution in [0, 0.1) is 10.8 Å². The van der Waals surface area contributed by atoms with Crippen molar-refractivity contribution in [3.05, 3.63) is 106 Å². The van der Waals surface area contributed by atoms with Crippen molar-refractivity contribution in [1.82, 2.24) is 0 Å². The van der Waals surface area contributed by atoms with Crippen molar-refractivity contribution < 1.29 is 62.7 Å². The molecule has 0 bridgehead atoms. The molecule has 1 aromatic heterocycles. The first-order chi connectivity index (χ1) is 27.6. The van der Waals surface area contributed by atoms with E-state index in [2.05, 4.69) is 10.6 Å². The van der Waals surface area contributed by atoms with Gasteiger partial charge in [-0.15, -0.1) is 11.3 Å². The Kier molecular flexibility index (Phi) is 12.4. The molecular weight excluding hydrogens is 785 g/mol. The fourth-order valence-corrected chi connectivity index (χ4v) is 7.59. The van der Waals surface area contributed by atoms with Gasteiger partial charge in [0.05, 0.1) is 7.11 Å². The van der Waals surface area contributed by atoms with Gasteiger partial charge in [-0.25, -0.2) is 14.4 Å². The summed E-state index contributed by atoms with van der Waals surface area (Å²) in [5.41, 5.74) is -5.63. The maximum Gasteiger partial charge on any atom is 0.412 e. The van der Waals surface area contributed by atoms with Gasteiger partial charge in [-0.1, -0.05) is 12.1 Å². The summed E-state index contributed by atoms with van der Waals surface area (Å²) in [5, 5.41) is 28.8. The third-order valence-electron chi connectivity index (χ3n) is 9.49. The molecule has 1 heterocycles. The first-order valence-electron chi connectivity index (χ1n) is 18.3. The number of aliphatic carboxylic acids is 2. The summed E-state index contributed by atoms with van der Waals surface area (Å²) < 4.78 is 21.5. The van der Waals surface area contributed by atoms with Gasteiger partial charge >= 0.3 is 30.1 Å². The number of esters is 1. The molecule has 15 nitrogen and oxygen atoms in total. The van der Waals surface area contributed by atoms with Crippen molar-refractivity contribution in [2.45, 2.75) is 71.5 Å². The predicted octanol–water partition coefficient (Wildman–Crippen LogP) is 8.46. The number of ketones is 2. The van der Waals surface area contributed by atoms with Gasteiger partial charge in [-0.05, 0) is 119 Å². The zero-order chi connectivity index (χ0) is 43.5. The highest BCUT2D eigenvalue weighted by atomic mass is 32.1. The van der Waals surface area contributed by atoms with Crippen molar-refractivity contribution >= 4 is 64.4 Å². The molecule has 0 saturated heterocycles. The fraction of sp³-hybridized carbons (Fsp3) is 0.326. The van der Waals surface area contributed by atoms with E-state index in [9.17, 15) is 43.8 Å². The number of Topliss-reactive ketones (excluding diaryl/α,β-unsaturated/α-hetero) is 2. The van der Waals surface area contributed by atoms with Crippen molar-refractivity contribution in [2.75, 3.05) is 17.7 Å². The van der Waals surface area contributed by atoms with E-state index in [0.29, 0.717) is 4.88 Å². The zero-order valence-electron chi connectivity index (χ0n) is 33.4. The number of rotatable bonds is 14. The lowest BCUT2D eigenvalue weighted by atomic mass is 9.82. The number of hydrogen-bond donors (Lipinski definition) is 4. The Balaban J connectivity index is 1.51. The lowest BCUT2D eigenvalue weighted by molar-refractivity contribution is -0.153. The lowest BCUT2D eigenvalue weighted by Gasteiger charge is -2.20. The van der Waals surface area contributed by atoms with Gasteiger partial charge in [0.25, 0.3) is 0 Å². The molecule has 4 N–H and O–H groups in total. The van der Waals surface area contributed by atoms with Crippen LogP contribution in [-0.2, 0) is 19.1 Å². The number of methoxy groups -OCH3 is 1. The zero-order valence-corrected chi connectivity index (χ0v) is 34.2. The summed E-state index contributed by atoms with van der Waals surface area (Å²) >= 11 is 1.15. The Labute approximate surface area is 343 Å². The molecule has 1 aliphatic rings. The van der Waals surface area contributed by atoms with E-state index in [1.807, 2.05) is 0 Å². The summed E-state index contributed by atoms with van der Waals surface area (Å²) in [4.78, 5) is 92.8. The second-order valence-electron chi connectivity index (χ2n) is 15.9. The number of anilines is 2. The average Bonchev–Trinajstić information content (AvgIpc) is 3.39. The van der Waals surface area contributed by atoms with Crippen LogP contribution in [0.4, 0.5) is 21.0 Å². The molecule has 1 saturated carbocycles. The monoisotopic (exact) mass is 828 g/mol. The highest BCUT2D eigenvalue weighted by Gasteiger charge is 2.85. The molecule has 310 valence electrons. The number of ether oxygens (including phenoxy) is 4. The fourth-order valence-electron chi connectivity index (χ4n) is 6.99. The molecule has 4 aromatic rings. The number of thiophene rings is 1. The highest BCUT2D eigenvalue weighted by molar-refractivity contribution is 7.12. The minimum absolute atomic E-state index is 0.0122. The molecule has 0 radical (unpaired) electrons. The van der Waals surface area contributed by atoms with Crippen molar-refractivity contribution in [3.8, 4) is 11.5 Å². The highest BCUT2D eigenvalue weighted by Crippen LogP contribution is 2.78. The SMILES string of the molecule is COc1cc(C2C(CC(=O)c3ccc(NC(=O)OC(C)(C)C)cc3)(C(=O)O)C2(CC(=O)c2ccc(NC(=O)OC(C)(C)C)cc2)C(=O)O)ccc1OC(=O)c1cccs1. The Morgan fingerprint density at radius 2 is 1.12 bits per heavy atom. The smallest absolute Gasteiger partial charge is 0.412 e. The van der Waals surface area contributed by atoms with Gasteiger partial charge in [0.1, 0.15) is 26.9 Å². The van der Waals surface area contributed by atoms with Gasteiger partial charge in [-0.2, -0.15) is 0 Å². The van der Waals surface area contributed by atoms with E-state index in [0.717, 1.165) is 11.3 Å². The number of carboxylic acid groups (broad SMARTS) is 2. The van der Waals surface area contributed by atoms with Crippen LogP contribution in [0.5, 0.6) is 11.5 Å². The molecule has 0 spiro atoms. The van der Waals surface area contributed by atoms with Crippen LogP contribution in [-0.4, -0.2) is 70.2 Å². The predicted molar refractivity (Wildman–Crippen MR) is 216 cm³/mol. The van der Waals surface area contributed by atoms with Crippen LogP contribution in [0.25, 0.3) is 0 Å². The second kappa shape index (κ2) is 16.7. The van der Waals surface area contributed by atoms with E-state index in [1.165, 1.54) is 73.8 Å². The summed E-state index contributed by atoms with van der Waals surface area (Å²) in [7, 11) is 1.28. The van der Waals surface area contributed by atoms with Crippen LogP contribution in [0.15, 0.2) is 84.2 Å². The van der Waals surface area contributed by atoms with Gasteiger partial charge in [0.2, 0.25) is 0 Å². The van der Waals surface area contributed by atoms with E-state index < -0.39 is 82.5 Å². The first kappa shape index (κ1) is 43.6. The maximum absolute atomic E-state index is 14.0. The molecule has 1 aliphatic carbocycles. The van der Waals surface area contributed by atoms with E-state index in [4.69, 9.17) is 18.9 Å². The minimum atomic E-state index is -2.38. The number of carbonyl (C=O) groups is 7. The number of carboxylic acids is 2. The third-order valence-corrected chi connectivity index (χ3v) is 10.3. The first-order valence-corrected chi connectivity index (χ1v) is 19.1. The Morgan fingerprint density at radius 3 is 1.49 bits per heavy atom. The molecular formula is C43H44N2O13S. The molecule has 2 atom stereocenters. The van der Waals surface area contributed by atoms with Gasteiger partial charge < -0.3 is 29.2 Å². The van der Waals surface area contributed by atoms with Crippen LogP contribution in [0.2, 0.25) is 0 Å². The molecule has 2 amide bonds. The standard InChI is InChI=1S/C43H44N2O13S/c1-40(2,3)57-38(53)44-27-15-10-24(11-16-27)29(46)22-42(36(49)50)34(26-14-19-31(32(21-26)55-7)56-35(48)33-9-8-20-59-33)43(42,37(51)52)23-30(47)25-12-17-28(18-13-25)45-39(54)58-41(4,5)6/h8-21,34H,22-23H2,1-7H3,(H,44,53)(H,45,54)(H,49,50)(H,51,52). The number of nitrogens with one attached hydrogen (secondary N) is 2. The van der Waals surface area contributed by atoms with Gasteiger partial charge in [-0.3, -0.25) is 29.8 Å². The molecule has 5 rings (SSSR count). The largest absolute Gasteiger partial charge is 0.493 e. The molecule has 1 fully saturated rings. The Morgan fingerprint density at radius 1 is 0.661 bits per heavy atom. The second-order valence-corrected chi connectivity index (χ2v) is 16.8. The third kappa shape index (κ3) is 9.60. The van der Waals surface area contributed by atoms with Gasteiger partial charge in [0, 0.05) is 41.3 Å². The molecule has 16 heteroatoms. The Hall–Kier alpha value is -6.55. The quantitative estimate of drug-likeness (QED) is 0.0533. The number of amides is 2. The molecule has 0 aliphatic heterocycles. The van der Waals surface area contributed by atoms with Crippen LogP contribution in [0.3, 0.4) is 0 Å². The topological polar surface area (TPSA) is 221 Å². The lowest BCUT2D eigenvalue weighted by Crippen LogP contribution is -2.33. The van der Waals surface area contributed by atoms with Crippen molar-refractivity contribution in [1.29, 1.82) is 0 Å². The summed E-state index contributed by atoms with van der Waals surface area (Å²) in [6.07, 6.45) is -3.17. The van der Waals surface area contributed by atoms with E-state index in [1.54, 1.807) is 59.1 Å². The average molecular weight is 829 g/mol. The van der Waals surface area contributed by atoms with Crippen LogP contribution < -0.4 is 20.1 Å². The van der Waals surface area contributed by atoms with Crippen LogP contribution in [0.1, 0.15) is 96.3 Å².